The number of nitrogens with one attached hydrogen (secondary N) is 1. The van der Waals surface area contributed by atoms with Crippen molar-refractivity contribution in [2.75, 3.05) is 26.2 Å². The number of aromatic nitrogens is 2. The van der Waals surface area contributed by atoms with Crippen LogP contribution in [0.1, 0.15) is 46.6 Å². The Morgan fingerprint density at radius 1 is 0.951 bits per heavy atom. The summed E-state index contributed by atoms with van der Waals surface area (Å²) in [7, 11) is 0. The Morgan fingerprint density at radius 3 is 2.37 bits per heavy atom. The predicted molar refractivity (Wildman–Crippen MR) is 160 cm³/mol. The lowest BCUT2D eigenvalue weighted by Gasteiger charge is -2.38. The molecule has 0 unspecified atom stereocenters. The van der Waals surface area contributed by atoms with E-state index in [9.17, 15) is 18.8 Å². The van der Waals surface area contributed by atoms with Gasteiger partial charge in [-0.3, -0.25) is 14.4 Å². The molecule has 2 heterocycles. The summed E-state index contributed by atoms with van der Waals surface area (Å²) in [4.78, 5) is 43.5. The van der Waals surface area contributed by atoms with Crippen LogP contribution in [0.25, 0.3) is 10.8 Å². The van der Waals surface area contributed by atoms with Crippen molar-refractivity contribution in [1.29, 1.82) is 0 Å². The van der Waals surface area contributed by atoms with Crippen LogP contribution < -0.4 is 5.56 Å². The van der Waals surface area contributed by atoms with Gasteiger partial charge in [0.05, 0.1) is 21.4 Å². The molecule has 0 saturated carbocycles. The van der Waals surface area contributed by atoms with Gasteiger partial charge < -0.3 is 9.80 Å². The first kappa shape index (κ1) is 28.5. The van der Waals surface area contributed by atoms with Gasteiger partial charge in [-0.1, -0.05) is 42.0 Å². The number of hydrogen-bond donors (Lipinski definition) is 1. The van der Waals surface area contributed by atoms with E-state index in [1.165, 1.54) is 6.07 Å². The number of thioether (sulfide) groups is 1. The normalized spacial score (nSPS) is 14.0. The molecule has 1 N–H and O–H groups in total. The van der Waals surface area contributed by atoms with Gasteiger partial charge in [0.15, 0.2) is 0 Å². The summed E-state index contributed by atoms with van der Waals surface area (Å²) in [5.74, 6) is -0.980. The number of rotatable bonds is 6. The van der Waals surface area contributed by atoms with E-state index in [0.717, 1.165) is 16.0 Å². The van der Waals surface area contributed by atoms with E-state index in [1.54, 1.807) is 45.8 Å². The minimum atomic E-state index is -0.675. The maximum Gasteiger partial charge on any atom is 0.272 e. The molecule has 0 aliphatic carbocycles. The van der Waals surface area contributed by atoms with Crippen molar-refractivity contribution in [2.45, 2.75) is 43.8 Å². The molecule has 1 saturated heterocycles. The Kier molecular flexibility index (Phi) is 8.00. The Balaban J connectivity index is 1.26. The van der Waals surface area contributed by atoms with E-state index in [1.807, 2.05) is 39.8 Å². The summed E-state index contributed by atoms with van der Waals surface area (Å²) >= 11 is 1.55. The van der Waals surface area contributed by atoms with Crippen LogP contribution in [-0.4, -0.2) is 62.7 Å². The fraction of sp³-hybridized carbons (Fsp3) is 0.312. The number of carbonyl (C=O) groups excluding carboxylic acids is 2. The Hall–Kier alpha value is -3.98. The number of nitrogens with zero attached hydrogens (tertiary/aromatic N) is 3. The van der Waals surface area contributed by atoms with Crippen LogP contribution >= 0.6 is 11.8 Å². The van der Waals surface area contributed by atoms with Crippen LogP contribution in [0.4, 0.5) is 4.39 Å². The first-order chi connectivity index (χ1) is 19.5. The summed E-state index contributed by atoms with van der Waals surface area (Å²) in [5, 5.41) is 7.96. The van der Waals surface area contributed by atoms with Crippen LogP contribution in [0, 0.1) is 19.7 Å². The maximum absolute atomic E-state index is 14.9. The van der Waals surface area contributed by atoms with E-state index >= 15 is 0 Å². The number of fused-ring (bicyclic) bond motifs is 1. The molecule has 0 spiro atoms. The van der Waals surface area contributed by atoms with Crippen molar-refractivity contribution in [3.05, 3.63) is 105 Å². The second kappa shape index (κ2) is 11.5. The third-order valence-corrected chi connectivity index (χ3v) is 8.83. The monoisotopic (exact) mass is 572 g/mol. The highest BCUT2D eigenvalue weighted by Gasteiger charge is 2.36. The molecule has 1 fully saturated rings. The average Bonchev–Trinajstić information content (AvgIpc) is 2.96. The van der Waals surface area contributed by atoms with E-state index in [2.05, 4.69) is 28.4 Å². The fourth-order valence-corrected chi connectivity index (χ4v) is 6.39. The van der Waals surface area contributed by atoms with E-state index in [4.69, 9.17) is 0 Å². The first-order valence-corrected chi connectivity index (χ1v) is 14.4. The average molecular weight is 573 g/mol. The first-order valence-electron chi connectivity index (χ1n) is 13.6. The minimum Gasteiger partial charge on any atom is -0.338 e. The van der Waals surface area contributed by atoms with Crippen molar-refractivity contribution < 1.29 is 14.0 Å². The van der Waals surface area contributed by atoms with Crippen LogP contribution in [0.5, 0.6) is 0 Å². The summed E-state index contributed by atoms with van der Waals surface area (Å²) in [6.45, 7) is 9.36. The summed E-state index contributed by atoms with van der Waals surface area (Å²) < 4.78 is 14.2. The maximum atomic E-state index is 14.9. The quantitative estimate of drug-likeness (QED) is 0.324. The Morgan fingerprint density at radius 2 is 1.63 bits per heavy atom. The number of halogens is 1. The zero-order chi connectivity index (χ0) is 29.3. The van der Waals surface area contributed by atoms with Crippen molar-refractivity contribution in [3.63, 3.8) is 0 Å². The van der Waals surface area contributed by atoms with Gasteiger partial charge in [0, 0.05) is 42.9 Å². The number of H-pyrrole nitrogens is 1. The topological polar surface area (TPSA) is 86.4 Å². The lowest BCUT2D eigenvalue weighted by Crippen LogP contribution is -2.54. The largest absolute Gasteiger partial charge is 0.338 e. The van der Waals surface area contributed by atoms with Crippen molar-refractivity contribution in [2.24, 2.45) is 0 Å². The van der Waals surface area contributed by atoms with Gasteiger partial charge in [0.1, 0.15) is 5.82 Å². The Labute approximate surface area is 242 Å². The number of aryl methyl sites for hydroxylation is 2. The summed E-state index contributed by atoms with van der Waals surface area (Å²) in [6.07, 6.45) is 0.327. The zero-order valence-corrected chi connectivity index (χ0v) is 24.5. The minimum absolute atomic E-state index is 0.0122. The molecule has 0 atom stereocenters. The van der Waals surface area contributed by atoms with Crippen LogP contribution in [-0.2, 0) is 11.2 Å². The van der Waals surface area contributed by atoms with E-state index in [-0.39, 0.29) is 17.0 Å². The summed E-state index contributed by atoms with van der Waals surface area (Å²) in [5.41, 5.74) is 3.34. The smallest absolute Gasteiger partial charge is 0.272 e. The second-order valence-corrected chi connectivity index (χ2v) is 12.7. The molecule has 4 aromatic rings. The molecule has 9 heteroatoms. The number of aromatic amines is 1. The zero-order valence-electron chi connectivity index (χ0n) is 23.7. The highest BCUT2D eigenvalue weighted by molar-refractivity contribution is 8.01. The molecule has 3 aromatic carbocycles. The Bertz CT molecular complexity index is 1690. The standard InChI is InChI=1S/C32H33FN4O3S/c1-20-9-10-21(2)28(17-20)41-32(3,4)31(40)37-15-13-36(14-16-37)30(39)25-18-22(11-12-26(25)33)19-27-23-7-5-6-8-24(23)29(38)35-34-27/h5-12,17-18H,13-16,19H2,1-4H3,(H,35,38). The van der Waals surface area contributed by atoms with Crippen LogP contribution in [0.15, 0.2) is 70.4 Å². The molecule has 2 amide bonds. The van der Waals surface area contributed by atoms with Gasteiger partial charge >= 0.3 is 0 Å². The molecule has 0 bridgehead atoms. The third-order valence-electron chi connectivity index (χ3n) is 7.49. The molecule has 7 nitrogen and oxygen atoms in total. The number of amides is 2. The van der Waals surface area contributed by atoms with Gasteiger partial charge in [-0.05, 0) is 63.1 Å². The van der Waals surface area contributed by atoms with Gasteiger partial charge in [-0.2, -0.15) is 5.10 Å². The van der Waals surface area contributed by atoms with Crippen molar-refractivity contribution in [3.8, 4) is 0 Å². The lowest BCUT2D eigenvalue weighted by molar-refractivity contribution is -0.134. The molecule has 1 aliphatic rings. The van der Waals surface area contributed by atoms with Crippen LogP contribution in [0.3, 0.4) is 0 Å². The molecule has 5 rings (SSSR count). The van der Waals surface area contributed by atoms with Crippen LogP contribution in [0.2, 0.25) is 0 Å². The molecule has 41 heavy (non-hydrogen) atoms. The van der Waals surface area contributed by atoms with E-state index < -0.39 is 16.5 Å². The molecule has 212 valence electrons. The molecule has 0 radical (unpaired) electrons. The van der Waals surface area contributed by atoms with Gasteiger partial charge in [0.2, 0.25) is 5.91 Å². The SMILES string of the molecule is Cc1ccc(C)c(SC(C)(C)C(=O)N2CCN(C(=O)c3cc(Cc4n[nH]c(=O)c5ccccc45)ccc3F)CC2)c1. The highest BCUT2D eigenvalue weighted by atomic mass is 32.2. The second-order valence-electron chi connectivity index (χ2n) is 11.0. The molecule has 1 aromatic heterocycles. The third kappa shape index (κ3) is 6.05. The fourth-order valence-electron chi connectivity index (χ4n) is 5.15. The van der Waals surface area contributed by atoms with E-state index in [0.29, 0.717) is 54.6 Å². The highest BCUT2D eigenvalue weighted by Crippen LogP contribution is 2.36. The molecular formula is C32H33FN4O3S. The van der Waals surface area contributed by atoms with Crippen molar-refractivity contribution in [1.82, 2.24) is 20.0 Å². The molecule has 1 aliphatic heterocycles. The van der Waals surface area contributed by atoms with Crippen molar-refractivity contribution >= 4 is 34.3 Å². The molecular weight excluding hydrogens is 539 g/mol. The summed E-state index contributed by atoms with van der Waals surface area (Å²) in [6, 6.07) is 17.9. The van der Waals surface area contributed by atoms with Gasteiger partial charge in [0.25, 0.3) is 11.5 Å². The number of hydrogen-bond acceptors (Lipinski definition) is 5. The predicted octanol–water partition coefficient (Wildman–Crippen LogP) is 5.13. The lowest BCUT2D eigenvalue weighted by atomic mass is 10.0. The number of piperazine rings is 1. The number of benzene rings is 3. The van der Waals surface area contributed by atoms with Gasteiger partial charge in [-0.25, -0.2) is 9.49 Å². The van der Waals surface area contributed by atoms with Gasteiger partial charge in [-0.15, -0.1) is 11.8 Å². The number of carbonyl (C=O) groups is 2.